The first-order chi connectivity index (χ1) is 15.3. The number of thioether (sulfide) groups is 1. The Bertz CT molecular complexity index is 1160. The van der Waals surface area contributed by atoms with E-state index in [1.165, 1.54) is 23.1 Å². The molecule has 8 nitrogen and oxygen atoms in total. The minimum absolute atomic E-state index is 0.223. The van der Waals surface area contributed by atoms with E-state index in [1.54, 1.807) is 35.8 Å². The number of amides is 2. The van der Waals surface area contributed by atoms with E-state index >= 15 is 0 Å². The molecule has 0 fully saturated rings. The molecule has 3 aromatic rings. The maximum Gasteiger partial charge on any atom is 0.251 e. The Morgan fingerprint density at radius 2 is 2.06 bits per heavy atom. The lowest BCUT2D eigenvalue weighted by atomic mass is 10.1. The first-order valence-corrected chi connectivity index (χ1v) is 12.1. The van der Waals surface area contributed by atoms with Crippen molar-refractivity contribution in [3.63, 3.8) is 0 Å². The summed E-state index contributed by atoms with van der Waals surface area (Å²) in [7, 11) is 1.82. The van der Waals surface area contributed by atoms with Crippen molar-refractivity contribution in [1.82, 2.24) is 14.8 Å². The Kier molecular flexibility index (Phi) is 6.73. The maximum atomic E-state index is 12.8. The van der Waals surface area contributed by atoms with Crippen LogP contribution in [0, 0.1) is 0 Å². The SMILES string of the molecule is C[C@H](Sc1nnc(COc2ccc(Cl)cc2)n1C)C(=O)Nc1sc2c(c1C(N)=O)CCC2. The molecule has 11 heteroatoms. The monoisotopic (exact) mass is 491 g/mol. The van der Waals surface area contributed by atoms with Crippen LogP contribution in [0.1, 0.15) is 40.0 Å². The number of halogens is 1. The third-order valence-corrected chi connectivity index (χ3v) is 7.76. The third kappa shape index (κ3) is 4.77. The Balaban J connectivity index is 1.39. The molecular formula is C21H22ClN5O3S2. The molecule has 0 radical (unpaired) electrons. The van der Waals surface area contributed by atoms with Gasteiger partial charge >= 0.3 is 0 Å². The number of hydrogen-bond acceptors (Lipinski definition) is 7. The molecule has 0 saturated heterocycles. The molecule has 4 rings (SSSR count). The molecule has 1 atom stereocenters. The fraction of sp³-hybridized carbons (Fsp3) is 0.333. The summed E-state index contributed by atoms with van der Waals surface area (Å²) in [6.07, 6.45) is 2.75. The van der Waals surface area contributed by atoms with Gasteiger partial charge in [-0.2, -0.15) is 0 Å². The molecule has 2 heterocycles. The Morgan fingerprint density at radius 1 is 1.31 bits per heavy atom. The van der Waals surface area contributed by atoms with Gasteiger partial charge in [0, 0.05) is 16.9 Å². The van der Waals surface area contributed by atoms with Gasteiger partial charge in [-0.05, 0) is 56.0 Å². The zero-order valence-corrected chi connectivity index (χ0v) is 19.9. The van der Waals surface area contributed by atoms with Crippen molar-refractivity contribution in [1.29, 1.82) is 0 Å². The van der Waals surface area contributed by atoms with Crippen LogP contribution in [0.3, 0.4) is 0 Å². The minimum atomic E-state index is -0.501. The van der Waals surface area contributed by atoms with Crippen LogP contribution in [0.4, 0.5) is 5.00 Å². The van der Waals surface area contributed by atoms with Crippen molar-refractivity contribution in [3.05, 3.63) is 51.1 Å². The molecule has 2 amide bonds. The number of hydrogen-bond donors (Lipinski definition) is 2. The number of aromatic nitrogens is 3. The number of carbonyl (C=O) groups excluding carboxylic acids is 2. The molecule has 1 aromatic carbocycles. The van der Waals surface area contributed by atoms with Gasteiger partial charge in [0.1, 0.15) is 17.4 Å². The molecule has 32 heavy (non-hydrogen) atoms. The van der Waals surface area contributed by atoms with Crippen LogP contribution in [0.2, 0.25) is 5.02 Å². The number of benzene rings is 1. The number of rotatable bonds is 8. The molecule has 0 saturated carbocycles. The number of thiophene rings is 1. The van der Waals surface area contributed by atoms with E-state index in [0.29, 0.717) is 32.3 Å². The molecule has 2 aromatic heterocycles. The van der Waals surface area contributed by atoms with Gasteiger partial charge in [-0.1, -0.05) is 23.4 Å². The highest BCUT2D eigenvalue weighted by Crippen LogP contribution is 2.39. The molecule has 1 aliphatic carbocycles. The topological polar surface area (TPSA) is 112 Å². The van der Waals surface area contributed by atoms with Crippen LogP contribution < -0.4 is 15.8 Å². The van der Waals surface area contributed by atoms with E-state index in [1.807, 2.05) is 7.05 Å². The maximum absolute atomic E-state index is 12.8. The van der Waals surface area contributed by atoms with Crippen LogP contribution in [0.5, 0.6) is 5.75 Å². The van der Waals surface area contributed by atoms with Gasteiger partial charge in [-0.25, -0.2) is 0 Å². The standard InChI is InChI=1S/C21H22ClN5O3S2/c1-11(19(29)24-20-17(18(23)28)14-4-3-5-15(14)32-20)31-21-26-25-16(27(21)2)10-30-13-8-6-12(22)7-9-13/h6-9,11H,3-5,10H2,1-2H3,(H2,23,28)(H,24,29)/t11-/m0/s1. The first kappa shape index (κ1) is 22.6. The highest BCUT2D eigenvalue weighted by molar-refractivity contribution is 8.00. The second-order valence-corrected chi connectivity index (χ2v) is 10.2. The zero-order chi connectivity index (χ0) is 22.8. The second-order valence-electron chi connectivity index (χ2n) is 7.38. The van der Waals surface area contributed by atoms with Gasteiger partial charge in [0.15, 0.2) is 11.0 Å². The van der Waals surface area contributed by atoms with E-state index in [0.717, 1.165) is 29.7 Å². The molecule has 168 valence electrons. The summed E-state index contributed by atoms with van der Waals surface area (Å²) < 4.78 is 7.52. The Hall–Kier alpha value is -2.56. The summed E-state index contributed by atoms with van der Waals surface area (Å²) in [5.41, 5.74) is 7.01. The smallest absolute Gasteiger partial charge is 0.251 e. The molecule has 3 N–H and O–H groups in total. The van der Waals surface area contributed by atoms with E-state index < -0.39 is 11.2 Å². The molecule has 0 aliphatic heterocycles. The molecule has 0 spiro atoms. The normalized spacial score (nSPS) is 13.6. The summed E-state index contributed by atoms with van der Waals surface area (Å²) >= 11 is 8.61. The minimum Gasteiger partial charge on any atom is -0.486 e. The zero-order valence-electron chi connectivity index (χ0n) is 17.6. The summed E-state index contributed by atoms with van der Waals surface area (Å²) in [4.78, 5) is 25.9. The largest absolute Gasteiger partial charge is 0.486 e. The Morgan fingerprint density at radius 3 is 2.78 bits per heavy atom. The number of primary amides is 1. The molecule has 0 unspecified atom stereocenters. The van der Waals surface area contributed by atoms with Crippen LogP contribution in [-0.2, 0) is 31.3 Å². The van der Waals surface area contributed by atoms with Crippen molar-refractivity contribution in [2.45, 2.75) is 43.2 Å². The molecule has 0 bridgehead atoms. The van der Waals surface area contributed by atoms with Gasteiger partial charge in [-0.15, -0.1) is 21.5 Å². The van der Waals surface area contributed by atoms with E-state index in [-0.39, 0.29) is 12.5 Å². The number of carbonyl (C=O) groups is 2. The number of nitrogens with two attached hydrogens (primary N) is 1. The lowest BCUT2D eigenvalue weighted by Crippen LogP contribution is -2.24. The van der Waals surface area contributed by atoms with E-state index in [2.05, 4.69) is 15.5 Å². The number of aryl methyl sites for hydroxylation is 1. The lowest BCUT2D eigenvalue weighted by molar-refractivity contribution is -0.115. The van der Waals surface area contributed by atoms with Crippen molar-refractivity contribution < 1.29 is 14.3 Å². The van der Waals surface area contributed by atoms with Crippen molar-refractivity contribution in [3.8, 4) is 5.75 Å². The predicted molar refractivity (Wildman–Crippen MR) is 126 cm³/mol. The second kappa shape index (κ2) is 9.51. The van der Waals surface area contributed by atoms with Gasteiger partial charge in [-0.3, -0.25) is 9.59 Å². The third-order valence-electron chi connectivity index (χ3n) is 5.16. The number of ether oxygens (including phenoxy) is 1. The predicted octanol–water partition coefficient (Wildman–Crippen LogP) is 3.82. The van der Waals surface area contributed by atoms with Crippen LogP contribution in [0.25, 0.3) is 0 Å². The number of nitrogens with zero attached hydrogens (tertiary/aromatic N) is 3. The highest BCUT2D eigenvalue weighted by atomic mass is 35.5. The number of anilines is 1. The fourth-order valence-corrected chi connectivity index (χ4v) is 5.69. The first-order valence-electron chi connectivity index (χ1n) is 10.0. The van der Waals surface area contributed by atoms with Gasteiger partial charge < -0.3 is 20.4 Å². The number of fused-ring (bicyclic) bond motifs is 1. The average Bonchev–Trinajstić information content (AvgIpc) is 3.43. The van der Waals surface area contributed by atoms with E-state index in [4.69, 9.17) is 22.1 Å². The van der Waals surface area contributed by atoms with Gasteiger partial charge in [0.2, 0.25) is 5.91 Å². The number of nitrogens with one attached hydrogen (secondary N) is 1. The fourth-order valence-electron chi connectivity index (χ4n) is 3.43. The van der Waals surface area contributed by atoms with Crippen molar-refractivity contribution >= 4 is 51.5 Å². The van der Waals surface area contributed by atoms with Crippen molar-refractivity contribution in [2.24, 2.45) is 12.8 Å². The lowest BCUT2D eigenvalue weighted by Gasteiger charge is -2.12. The van der Waals surface area contributed by atoms with Crippen molar-refractivity contribution in [2.75, 3.05) is 5.32 Å². The quantitative estimate of drug-likeness (QED) is 0.463. The van der Waals surface area contributed by atoms with Gasteiger partial charge in [0.25, 0.3) is 5.91 Å². The summed E-state index contributed by atoms with van der Waals surface area (Å²) in [5.74, 6) is 0.575. The summed E-state index contributed by atoms with van der Waals surface area (Å²) in [5, 5.41) is 12.5. The summed E-state index contributed by atoms with van der Waals surface area (Å²) in [6, 6.07) is 7.06. The average molecular weight is 492 g/mol. The van der Waals surface area contributed by atoms with E-state index in [9.17, 15) is 9.59 Å². The Labute approximate surface area is 198 Å². The summed E-state index contributed by atoms with van der Waals surface area (Å²) in [6.45, 7) is 2.01. The van der Waals surface area contributed by atoms with Crippen LogP contribution in [0.15, 0.2) is 29.4 Å². The molecule has 1 aliphatic rings. The van der Waals surface area contributed by atoms with Gasteiger partial charge in [0.05, 0.1) is 10.8 Å². The van der Waals surface area contributed by atoms with Crippen LogP contribution in [-0.4, -0.2) is 31.8 Å². The highest BCUT2D eigenvalue weighted by Gasteiger charge is 2.27. The van der Waals surface area contributed by atoms with Crippen LogP contribution >= 0.6 is 34.7 Å². The molecular weight excluding hydrogens is 470 g/mol.